The number of hydrogen-bond acceptors (Lipinski definition) is 1. The zero-order valence-corrected chi connectivity index (χ0v) is 7.34. The molecule has 0 fully saturated rings. The number of aryl methyl sites for hydroxylation is 1. The summed E-state index contributed by atoms with van der Waals surface area (Å²) in [6, 6.07) is 8.28. The fraction of sp³-hybridized carbons (Fsp3) is 0.400. The van der Waals surface area contributed by atoms with E-state index in [4.69, 9.17) is 0 Å². The van der Waals surface area contributed by atoms with Crippen molar-refractivity contribution in [2.24, 2.45) is 0 Å². The maximum absolute atomic E-state index is 10.1. The van der Waals surface area contributed by atoms with Gasteiger partial charge in [-0.25, -0.2) is 5.11 Å². The summed E-state index contributed by atoms with van der Waals surface area (Å²) in [6.07, 6.45) is 0. The Kier molecular flexibility index (Phi) is 3.77. The highest BCUT2D eigenvalue weighted by Crippen LogP contribution is 2.02. The zero-order chi connectivity index (χ0) is 8.81. The van der Waals surface area contributed by atoms with Crippen LogP contribution in [0.4, 0.5) is 0 Å². The van der Waals surface area contributed by atoms with Crippen molar-refractivity contribution >= 4 is 0 Å². The molecule has 0 saturated carbocycles. The summed E-state index contributed by atoms with van der Waals surface area (Å²) >= 11 is 0. The Bertz CT molecular complexity index is 235. The Labute approximate surface area is 73.2 Å². The van der Waals surface area contributed by atoms with Crippen molar-refractivity contribution in [3.8, 4) is 0 Å². The van der Waals surface area contributed by atoms with Gasteiger partial charge in [0.25, 0.3) is 0 Å². The van der Waals surface area contributed by atoms with Crippen molar-refractivity contribution in [3.63, 3.8) is 0 Å². The summed E-state index contributed by atoms with van der Waals surface area (Å²) in [6.45, 7) is 3.36. The number of benzene rings is 1. The minimum absolute atomic E-state index is 0.0498. The van der Waals surface area contributed by atoms with Crippen molar-refractivity contribution in [3.05, 3.63) is 35.4 Å². The van der Waals surface area contributed by atoms with E-state index in [0.29, 0.717) is 6.54 Å². The number of hydrogen-bond donors (Lipinski definition) is 1. The molecule has 0 saturated heterocycles. The van der Waals surface area contributed by atoms with Gasteiger partial charge in [0.2, 0.25) is 0 Å². The molecule has 2 heteroatoms. The van der Waals surface area contributed by atoms with Crippen LogP contribution in [-0.2, 0) is 11.7 Å². The summed E-state index contributed by atoms with van der Waals surface area (Å²) in [5.41, 5.74) is 2.50. The second-order valence-electron chi connectivity index (χ2n) is 2.87. The minimum Gasteiger partial charge on any atom is -0.310 e. The van der Waals surface area contributed by atoms with Crippen LogP contribution < -0.4 is 5.32 Å². The van der Waals surface area contributed by atoms with E-state index in [-0.39, 0.29) is 6.61 Å². The Hall–Kier alpha value is -0.860. The van der Waals surface area contributed by atoms with E-state index in [1.165, 1.54) is 11.1 Å². The largest absolute Gasteiger partial charge is 0.310 e. The summed E-state index contributed by atoms with van der Waals surface area (Å²) in [5, 5.41) is 13.2. The van der Waals surface area contributed by atoms with E-state index in [1.54, 1.807) is 0 Å². The molecule has 12 heavy (non-hydrogen) atoms. The maximum Gasteiger partial charge on any atom is 0.0946 e. The minimum atomic E-state index is -0.0498. The molecular weight excluding hydrogens is 150 g/mol. The molecule has 0 aliphatic heterocycles. The molecule has 0 amide bonds. The highest BCUT2D eigenvalue weighted by molar-refractivity contribution is 5.21. The highest BCUT2D eigenvalue weighted by atomic mass is 16.3. The first-order valence-electron chi connectivity index (χ1n) is 4.17. The van der Waals surface area contributed by atoms with Crippen LogP contribution in [-0.4, -0.2) is 13.2 Å². The van der Waals surface area contributed by atoms with Crippen LogP contribution in [0.2, 0.25) is 0 Å². The highest BCUT2D eigenvalue weighted by Gasteiger charge is 1.91. The van der Waals surface area contributed by atoms with E-state index in [1.807, 2.05) is 6.07 Å². The van der Waals surface area contributed by atoms with E-state index in [2.05, 4.69) is 30.4 Å². The van der Waals surface area contributed by atoms with Crippen molar-refractivity contribution in [2.75, 3.05) is 13.2 Å². The van der Waals surface area contributed by atoms with E-state index < -0.39 is 0 Å². The molecule has 1 aromatic rings. The molecule has 1 aromatic carbocycles. The average Bonchev–Trinajstić information content (AvgIpc) is 2.05. The first-order valence-corrected chi connectivity index (χ1v) is 4.17. The van der Waals surface area contributed by atoms with Gasteiger partial charge in [0.05, 0.1) is 6.61 Å². The van der Waals surface area contributed by atoms with Gasteiger partial charge >= 0.3 is 0 Å². The Morgan fingerprint density at radius 1 is 1.42 bits per heavy atom. The van der Waals surface area contributed by atoms with Crippen LogP contribution in [0.25, 0.3) is 0 Å². The van der Waals surface area contributed by atoms with Crippen LogP contribution >= 0.6 is 0 Å². The normalized spacial score (nSPS) is 10.2. The fourth-order valence-corrected chi connectivity index (χ4v) is 1.13. The topological polar surface area (TPSA) is 31.9 Å². The first kappa shape index (κ1) is 9.23. The average molecular weight is 164 g/mol. The second-order valence-corrected chi connectivity index (χ2v) is 2.87. The van der Waals surface area contributed by atoms with Crippen molar-refractivity contribution in [2.45, 2.75) is 13.5 Å². The third kappa shape index (κ3) is 3.03. The second kappa shape index (κ2) is 4.91. The molecule has 0 aliphatic rings. The molecule has 0 atom stereocenters. The summed E-state index contributed by atoms with van der Waals surface area (Å²) in [4.78, 5) is 0. The van der Waals surface area contributed by atoms with Crippen LogP contribution in [0, 0.1) is 6.92 Å². The van der Waals surface area contributed by atoms with E-state index in [0.717, 1.165) is 6.54 Å². The molecule has 0 spiro atoms. The predicted molar refractivity (Wildman–Crippen MR) is 48.4 cm³/mol. The first-order chi connectivity index (χ1) is 5.83. The molecule has 1 radical (unpaired) electrons. The number of rotatable bonds is 4. The van der Waals surface area contributed by atoms with Crippen LogP contribution in [0.15, 0.2) is 24.3 Å². The van der Waals surface area contributed by atoms with Crippen LogP contribution in [0.3, 0.4) is 0 Å². The number of nitrogens with one attached hydrogen (secondary N) is 1. The van der Waals surface area contributed by atoms with Crippen LogP contribution in [0.5, 0.6) is 0 Å². The van der Waals surface area contributed by atoms with Crippen molar-refractivity contribution in [1.29, 1.82) is 0 Å². The lowest BCUT2D eigenvalue weighted by molar-refractivity contribution is 0.194. The molecule has 0 bridgehead atoms. The van der Waals surface area contributed by atoms with E-state index in [9.17, 15) is 5.11 Å². The summed E-state index contributed by atoms with van der Waals surface area (Å²) in [7, 11) is 0. The zero-order valence-electron chi connectivity index (χ0n) is 7.34. The molecule has 2 nitrogen and oxygen atoms in total. The molecule has 1 N–H and O–H groups in total. The van der Waals surface area contributed by atoms with Gasteiger partial charge in [0, 0.05) is 13.1 Å². The molecule has 0 unspecified atom stereocenters. The van der Waals surface area contributed by atoms with Crippen molar-refractivity contribution < 1.29 is 5.11 Å². The Morgan fingerprint density at radius 2 is 2.25 bits per heavy atom. The van der Waals surface area contributed by atoms with Gasteiger partial charge in [0.1, 0.15) is 0 Å². The quantitative estimate of drug-likeness (QED) is 0.672. The lowest BCUT2D eigenvalue weighted by atomic mass is 10.1. The van der Waals surface area contributed by atoms with Gasteiger partial charge in [-0.1, -0.05) is 29.8 Å². The Morgan fingerprint density at radius 3 is 2.92 bits per heavy atom. The van der Waals surface area contributed by atoms with Gasteiger partial charge in [-0.2, -0.15) is 0 Å². The van der Waals surface area contributed by atoms with E-state index >= 15 is 0 Å². The molecular formula is C10H14NO. The van der Waals surface area contributed by atoms with Gasteiger partial charge < -0.3 is 5.32 Å². The summed E-state index contributed by atoms with van der Waals surface area (Å²) < 4.78 is 0. The molecule has 0 aromatic heterocycles. The van der Waals surface area contributed by atoms with Gasteiger partial charge in [0.15, 0.2) is 0 Å². The lowest BCUT2D eigenvalue weighted by Gasteiger charge is -2.02. The third-order valence-electron chi connectivity index (χ3n) is 1.69. The molecule has 65 valence electrons. The van der Waals surface area contributed by atoms with Crippen molar-refractivity contribution in [1.82, 2.24) is 5.32 Å². The third-order valence-corrected chi connectivity index (χ3v) is 1.69. The molecule has 0 aliphatic carbocycles. The summed E-state index contributed by atoms with van der Waals surface area (Å²) in [5.74, 6) is 0. The van der Waals surface area contributed by atoms with Gasteiger partial charge in [-0.05, 0) is 12.5 Å². The maximum atomic E-state index is 10.1. The lowest BCUT2D eigenvalue weighted by Crippen LogP contribution is -2.16. The smallest absolute Gasteiger partial charge is 0.0946 e. The standard InChI is InChI=1S/C10H14NO/c1-9-3-2-4-10(7-9)8-11-5-6-12/h2-4,7,11H,5-6,8H2,1H3. The van der Waals surface area contributed by atoms with Crippen LogP contribution in [0.1, 0.15) is 11.1 Å². The van der Waals surface area contributed by atoms with Gasteiger partial charge in [-0.15, -0.1) is 0 Å². The van der Waals surface area contributed by atoms with Gasteiger partial charge in [-0.3, -0.25) is 0 Å². The molecule has 0 heterocycles. The monoisotopic (exact) mass is 164 g/mol. The molecule has 1 rings (SSSR count). The Balaban J connectivity index is 2.41. The predicted octanol–water partition coefficient (Wildman–Crippen LogP) is 1.52. The SMILES string of the molecule is Cc1cccc(CNCC[O])c1. The fourth-order valence-electron chi connectivity index (χ4n) is 1.13.